The average Bonchev–Trinajstić information content (AvgIpc) is 2.75. The largest absolute Gasteiger partial charge is 0.323 e. The minimum atomic E-state index is -0.0350. The van der Waals surface area contributed by atoms with Crippen LogP contribution in [-0.4, -0.2) is 0 Å². The van der Waals surface area contributed by atoms with Gasteiger partial charge < -0.3 is 5.73 Å². The summed E-state index contributed by atoms with van der Waals surface area (Å²) in [6, 6.07) is 5.74. The maximum atomic E-state index is 6.07. The summed E-state index contributed by atoms with van der Waals surface area (Å²) in [5.74, 6) is 0. The minimum Gasteiger partial charge on any atom is -0.323 e. The highest BCUT2D eigenvalue weighted by molar-refractivity contribution is 7.16. The highest BCUT2D eigenvalue weighted by Gasteiger charge is 2.13. The van der Waals surface area contributed by atoms with Crippen LogP contribution in [0.4, 0.5) is 0 Å². The van der Waals surface area contributed by atoms with Gasteiger partial charge in [0.05, 0.1) is 9.36 Å². The summed E-state index contributed by atoms with van der Waals surface area (Å²) in [5, 5.41) is 2.72. The fraction of sp³-hybridized carbons (Fsp3) is 0.200. The molecule has 2 aromatic heterocycles. The first kappa shape index (κ1) is 11.4. The van der Waals surface area contributed by atoms with E-state index in [2.05, 4.69) is 0 Å². The molecule has 2 aromatic rings. The third-order valence-electron chi connectivity index (χ3n) is 2.03. The first-order chi connectivity index (χ1) is 7.16. The predicted octanol–water partition coefficient (Wildman–Crippen LogP) is 4.36. The molecule has 2 heterocycles. The van der Waals surface area contributed by atoms with E-state index >= 15 is 0 Å². The Morgan fingerprint density at radius 1 is 1.27 bits per heavy atom. The Labute approximate surface area is 106 Å². The number of thiophene rings is 2. The summed E-state index contributed by atoms with van der Waals surface area (Å²) in [4.78, 5) is 2.23. The van der Waals surface area contributed by atoms with Gasteiger partial charge in [-0.2, -0.15) is 0 Å². The fourth-order valence-corrected chi connectivity index (χ4v) is 3.69. The van der Waals surface area contributed by atoms with E-state index in [1.54, 1.807) is 22.7 Å². The van der Waals surface area contributed by atoms with Crippen LogP contribution in [0.3, 0.4) is 0 Å². The van der Waals surface area contributed by atoms with Crippen molar-refractivity contribution < 1.29 is 0 Å². The second-order valence-corrected chi connectivity index (χ2v) is 6.30. The van der Waals surface area contributed by atoms with E-state index in [4.69, 9.17) is 28.9 Å². The van der Waals surface area contributed by atoms with Gasteiger partial charge in [0.2, 0.25) is 0 Å². The summed E-state index contributed by atoms with van der Waals surface area (Å²) >= 11 is 15.0. The van der Waals surface area contributed by atoms with Crippen molar-refractivity contribution in [2.45, 2.75) is 12.5 Å². The van der Waals surface area contributed by atoms with Crippen LogP contribution in [0.25, 0.3) is 0 Å². The molecule has 2 N–H and O–H groups in total. The Bertz CT molecular complexity index is 450. The molecule has 0 saturated carbocycles. The lowest BCUT2D eigenvalue weighted by atomic mass is 10.1. The fourth-order valence-electron chi connectivity index (χ4n) is 1.34. The quantitative estimate of drug-likeness (QED) is 0.887. The zero-order chi connectivity index (χ0) is 10.8. The van der Waals surface area contributed by atoms with Crippen LogP contribution < -0.4 is 5.73 Å². The van der Waals surface area contributed by atoms with Gasteiger partial charge in [0.1, 0.15) is 0 Å². The first-order valence-corrected chi connectivity index (χ1v) is 6.84. The van der Waals surface area contributed by atoms with Gasteiger partial charge in [-0.3, -0.25) is 0 Å². The second-order valence-electron chi connectivity index (χ2n) is 3.15. The zero-order valence-corrected chi connectivity index (χ0v) is 10.9. The van der Waals surface area contributed by atoms with Crippen LogP contribution >= 0.6 is 45.9 Å². The third-order valence-corrected chi connectivity index (χ3v) is 4.78. The van der Waals surface area contributed by atoms with Crippen LogP contribution in [0, 0.1) is 0 Å². The molecular weight excluding hydrogens is 269 g/mol. The van der Waals surface area contributed by atoms with Crippen molar-refractivity contribution in [2.24, 2.45) is 5.73 Å². The lowest BCUT2D eigenvalue weighted by Crippen LogP contribution is -2.11. The van der Waals surface area contributed by atoms with Crippen molar-refractivity contribution >= 4 is 45.9 Å². The van der Waals surface area contributed by atoms with Crippen molar-refractivity contribution in [1.82, 2.24) is 0 Å². The molecule has 1 unspecified atom stereocenters. The minimum absolute atomic E-state index is 0.0350. The standard InChI is InChI=1S/C10H9Cl2NS2/c11-7-3-4-14-10(7)8(13)5-6-1-2-9(12)15-6/h1-4,8H,5,13H2. The van der Waals surface area contributed by atoms with E-state index in [1.807, 2.05) is 23.6 Å². The Balaban J connectivity index is 2.10. The molecule has 5 heteroatoms. The van der Waals surface area contributed by atoms with Crippen molar-refractivity contribution in [1.29, 1.82) is 0 Å². The molecule has 1 nitrogen and oxygen atoms in total. The Morgan fingerprint density at radius 2 is 2.07 bits per heavy atom. The number of nitrogens with two attached hydrogens (primary N) is 1. The van der Waals surface area contributed by atoms with Gasteiger partial charge in [-0.1, -0.05) is 23.2 Å². The van der Waals surface area contributed by atoms with Gasteiger partial charge in [-0.05, 0) is 23.6 Å². The summed E-state index contributed by atoms with van der Waals surface area (Å²) in [5.41, 5.74) is 6.07. The Kier molecular flexibility index (Phi) is 3.69. The average molecular weight is 278 g/mol. The van der Waals surface area contributed by atoms with Crippen LogP contribution in [0.1, 0.15) is 15.8 Å². The molecule has 0 aliphatic rings. The molecule has 0 aliphatic carbocycles. The summed E-state index contributed by atoms with van der Waals surface area (Å²) in [6.07, 6.45) is 0.789. The Morgan fingerprint density at radius 3 is 2.60 bits per heavy atom. The topological polar surface area (TPSA) is 26.0 Å². The zero-order valence-electron chi connectivity index (χ0n) is 7.74. The molecule has 0 amide bonds. The van der Waals surface area contributed by atoms with Gasteiger partial charge in [-0.15, -0.1) is 22.7 Å². The molecule has 0 spiro atoms. The van der Waals surface area contributed by atoms with E-state index in [0.717, 1.165) is 20.7 Å². The van der Waals surface area contributed by atoms with Crippen molar-refractivity contribution in [2.75, 3.05) is 0 Å². The summed E-state index contributed by atoms with van der Waals surface area (Å²) < 4.78 is 0.800. The molecule has 0 saturated heterocycles. The number of hydrogen-bond donors (Lipinski definition) is 1. The lowest BCUT2D eigenvalue weighted by molar-refractivity contribution is 0.745. The van der Waals surface area contributed by atoms with Crippen LogP contribution in [-0.2, 0) is 6.42 Å². The summed E-state index contributed by atoms with van der Waals surface area (Å²) in [7, 11) is 0. The Hall–Kier alpha value is -0.0600. The second kappa shape index (κ2) is 4.85. The number of halogens is 2. The van der Waals surface area contributed by atoms with Gasteiger partial charge >= 0.3 is 0 Å². The number of hydrogen-bond acceptors (Lipinski definition) is 3. The van der Waals surface area contributed by atoms with Crippen molar-refractivity contribution in [3.05, 3.63) is 42.7 Å². The highest BCUT2D eigenvalue weighted by atomic mass is 35.5. The molecule has 0 bridgehead atoms. The van der Waals surface area contributed by atoms with Crippen molar-refractivity contribution in [3.63, 3.8) is 0 Å². The monoisotopic (exact) mass is 277 g/mol. The molecule has 0 aromatic carbocycles. The first-order valence-electron chi connectivity index (χ1n) is 4.39. The molecule has 0 fully saturated rings. The molecule has 0 radical (unpaired) electrons. The van der Waals surface area contributed by atoms with E-state index in [1.165, 1.54) is 4.88 Å². The van der Waals surface area contributed by atoms with E-state index in [9.17, 15) is 0 Å². The van der Waals surface area contributed by atoms with E-state index in [0.29, 0.717) is 0 Å². The highest BCUT2D eigenvalue weighted by Crippen LogP contribution is 2.31. The van der Waals surface area contributed by atoms with Gasteiger partial charge in [0, 0.05) is 22.2 Å². The molecular formula is C10H9Cl2NS2. The molecule has 1 atom stereocenters. The van der Waals surface area contributed by atoms with E-state index in [-0.39, 0.29) is 6.04 Å². The lowest BCUT2D eigenvalue weighted by Gasteiger charge is -2.08. The maximum absolute atomic E-state index is 6.07. The van der Waals surface area contributed by atoms with Crippen molar-refractivity contribution in [3.8, 4) is 0 Å². The van der Waals surface area contributed by atoms with Crippen LogP contribution in [0.15, 0.2) is 23.6 Å². The third kappa shape index (κ3) is 2.74. The normalized spacial score (nSPS) is 13.0. The predicted molar refractivity (Wildman–Crippen MR) is 69.3 cm³/mol. The molecule has 15 heavy (non-hydrogen) atoms. The van der Waals surface area contributed by atoms with Gasteiger partial charge in [-0.25, -0.2) is 0 Å². The molecule has 0 aliphatic heterocycles. The molecule has 2 rings (SSSR count). The van der Waals surface area contributed by atoms with Gasteiger partial charge in [0.25, 0.3) is 0 Å². The maximum Gasteiger partial charge on any atom is 0.0931 e. The van der Waals surface area contributed by atoms with E-state index < -0.39 is 0 Å². The molecule has 80 valence electrons. The smallest absolute Gasteiger partial charge is 0.0931 e. The van der Waals surface area contributed by atoms with Gasteiger partial charge in [0.15, 0.2) is 0 Å². The van der Waals surface area contributed by atoms with Crippen LogP contribution in [0.5, 0.6) is 0 Å². The van der Waals surface area contributed by atoms with Crippen LogP contribution in [0.2, 0.25) is 9.36 Å². The summed E-state index contributed by atoms with van der Waals surface area (Å²) in [6.45, 7) is 0. The number of rotatable bonds is 3. The SMILES string of the molecule is NC(Cc1ccc(Cl)s1)c1sccc1Cl.